The zero-order valence-corrected chi connectivity index (χ0v) is 10.0. The molecule has 1 aromatic carbocycles. The van der Waals surface area contributed by atoms with Crippen molar-refractivity contribution in [2.24, 2.45) is 0 Å². The highest BCUT2D eigenvalue weighted by atomic mass is 35.5. The van der Waals surface area contributed by atoms with Crippen molar-refractivity contribution >= 4 is 12.4 Å². The zero-order chi connectivity index (χ0) is 10.7. The number of methoxy groups -OCH3 is 1. The standard InChI is InChI=1S/C11H16N2O2.ClH/c1-15-10-4-2-3-9(14)11(10)8-7-12-5-6-13-8;/h2-4,8,12-14H,5-7H2,1H3;1H/t8-;/m0./s1. The molecule has 16 heavy (non-hydrogen) atoms. The summed E-state index contributed by atoms with van der Waals surface area (Å²) in [5.41, 5.74) is 0.840. The molecule has 1 atom stereocenters. The van der Waals surface area contributed by atoms with Gasteiger partial charge < -0.3 is 20.5 Å². The first-order valence-corrected chi connectivity index (χ1v) is 5.13. The van der Waals surface area contributed by atoms with Crippen molar-refractivity contribution < 1.29 is 9.84 Å². The van der Waals surface area contributed by atoms with Crippen LogP contribution in [0.2, 0.25) is 0 Å². The van der Waals surface area contributed by atoms with Gasteiger partial charge in [0, 0.05) is 19.6 Å². The Kier molecular flexibility index (Phi) is 4.86. The first-order valence-electron chi connectivity index (χ1n) is 5.13. The maximum atomic E-state index is 9.83. The second-order valence-electron chi connectivity index (χ2n) is 3.60. The fourth-order valence-electron chi connectivity index (χ4n) is 1.92. The number of piperazine rings is 1. The van der Waals surface area contributed by atoms with E-state index in [1.807, 2.05) is 6.07 Å². The number of hydrogen-bond donors (Lipinski definition) is 3. The van der Waals surface area contributed by atoms with E-state index in [0.29, 0.717) is 0 Å². The first kappa shape index (κ1) is 13.1. The van der Waals surface area contributed by atoms with Crippen molar-refractivity contribution in [2.75, 3.05) is 26.7 Å². The molecule has 0 aliphatic carbocycles. The van der Waals surface area contributed by atoms with Crippen LogP contribution in [0.5, 0.6) is 11.5 Å². The number of phenols is 1. The lowest BCUT2D eigenvalue weighted by molar-refractivity contribution is 0.365. The highest BCUT2D eigenvalue weighted by Crippen LogP contribution is 2.33. The van der Waals surface area contributed by atoms with Crippen LogP contribution in [0, 0.1) is 0 Å². The minimum Gasteiger partial charge on any atom is -0.507 e. The Balaban J connectivity index is 0.00000128. The average Bonchev–Trinajstić information content (AvgIpc) is 2.29. The Labute approximate surface area is 101 Å². The summed E-state index contributed by atoms with van der Waals surface area (Å²) in [7, 11) is 1.62. The van der Waals surface area contributed by atoms with E-state index in [-0.39, 0.29) is 24.2 Å². The van der Waals surface area contributed by atoms with E-state index < -0.39 is 0 Å². The molecular formula is C11H17ClN2O2. The van der Waals surface area contributed by atoms with Gasteiger partial charge >= 0.3 is 0 Å². The summed E-state index contributed by atoms with van der Waals surface area (Å²) in [5.74, 6) is 1.02. The molecule has 1 fully saturated rings. The minimum atomic E-state index is 0. The van der Waals surface area contributed by atoms with Gasteiger partial charge in [0.15, 0.2) is 0 Å². The predicted octanol–water partition coefficient (Wildman–Crippen LogP) is 1.06. The summed E-state index contributed by atoms with van der Waals surface area (Å²) in [4.78, 5) is 0. The van der Waals surface area contributed by atoms with Crippen molar-refractivity contribution in [3.63, 3.8) is 0 Å². The topological polar surface area (TPSA) is 53.5 Å². The summed E-state index contributed by atoms with van der Waals surface area (Å²) in [6.07, 6.45) is 0. The lowest BCUT2D eigenvalue weighted by Crippen LogP contribution is -2.42. The molecule has 0 saturated carbocycles. The van der Waals surface area contributed by atoms with Crippen LogP contribution in [-0.2, 0) is 0 Å². The third-order valence-electron chi connectivity index (χ3n) is 2.65. The van der Waals surface area contributed by atoms with Crippen molar-refractivity contribution in [3.05, 3.63) is 23.8 Å². The van der Waals surface area contributed by atoms with Gasteiger partial charge in [-0.25, -0.2) is 0 Å². The lowest BCUT2D eigenvalue weighted by Gasteiger charge is -2.26. The number of halogens is 1. The summed E-state index contributed by atoms with van der Waals surface area (Å²) in [5, 5.41) is 16.5. The van der Waals surface area contributed by atoms with Crippen LogP contribution in [0.3, 0.4) is 0 Å². The second kappa shape index (κ2) is 5.94. The van der Waals surface area contributed by atoms with Gasteiger partial charge in [-0.3, -0.25) is 0 Å². The van der Waals surface area contributed by atoms with Crippen molar-refractivity contribution in [3.8, 4) is 11.5 Å². The lowest BCUT2D eigenvalue weighted by atomic mass is 10.0. The van der Waals surface area contributed by atoms with Crippen LogP contribution in [0.25, 0.3) is 0 Å². The van der Waals surface area contributed by atoms with E-state index in [1.165, 1.54) is 0 Å². The number of rotatable bonds is 2. The monoisotopic (exact) mass is 244 g/mol. The van der Waals surface area contributed by atoms with Gasteiger partial charge in [-0.05, 0) is 12.1 Å². The largest absolute Gasteiger partial charge is 0.507 e. The van der Waals surface area contributed by atoms with Crippen LogP contribution in [-0.4, -0.2) is 31.9 Å². The minimum absolute atomic E-state index is 0. The van der Waals surface area contributed by atoms with E-state index in [2.05, 4.69) is 10.6 Å². The molecule has 4 nitrogen and oxygen atoms in total. The Morgan fingerprint density at radius 3 is 2.81 bits per heavy atom. The smallest absolute Gasteiger partial charge is 0.127 e. The Hall–Kier alpha value is -0.970. The van der Waals surface area contributed by atoms with Gasteiger partial charge in [0.1, 0.15) is 11.5 Å². The quantitative estimate of drug-likeness (QED) is 0.728. The molecule has 5 heteroatoms. The van der Waals surface area contributed by atoms with Crippen molar-refractivity contribution in [1.29, 1.82) is 0 Å². The van der Waals surface area contributed by atoms with Crippen molar-refractivity contribution in [1.82, 2.24) is 10.6 Å². The molecule has 0 unspecified atom stereocenters. The Morgan fingerprint density at radius 2 is 2.19 bits per heavy atom. The fourth-order valence-corrected chi connectivity index (χ4v) is 1.92. The summed E-state index contributed by atoms with van der Waals surface area (Å²) in [6.45, 7) is 2.68. The van der Waals surface area contributed by atoms with Gasteiger partial charge in [0.05, 0.1) is 18.7 Å². The number of hydrogen-bond acceptors (Lipinski definition) is 4. The molecule has 0 bridgehead atoms. The van der Waals surface area contributed by atoms with E-state index in [4.69, 9.17) is 4.74 Å². The number of nitrogens with one attached hydrogen (secondary N) is 2. The van der Waals surface area contributed by atoms with E-state index in [1.54, 1.807) is 19.2 Å². The van der Waals surface area contributed by atoms with E-state index >= 15 is 0 Å². The Morgan fingerprint density at radius 1 is 1.38 bits per heavy atom. The molecule has 0 aromatic heterocycles. The summed E-state index contributed by atoms with van der Waals surface area (Å²) >= 11 is 0. The molecule has 1 aliphatic heterocycles. The molecule has 1 saturated heterocycles. The maximum absolute atomic E-state index is 9.83. The number of ether oxygens (including phenoxy) is 1. The van der Waals surface area contributed by atoms with Gasteiger partial charge in [-0.1, -0.05) is 6.07 Å². The summed E-state index contributed by atoms with van der Waals surface area (Å²) < 4.78 is 5.25. The highest BCUT2D eigenvalue weighted by Gasteiger charge is 2.21. The van der Waals surface area contributed by atoms with Gasteiger partial charge in [-0.15, -0.1) is 12.4 Å². The number of phenolic OH excluding ortho intramolecular Hbond substituents is 1. The predicted molar refractivity (Wildman–Crippen MR) is 65.5 cm³/mol. The fraction of sp³-hybridized carbons (Fsp3) is 0.455. The average molecular weight is 245 g/mol. The van der Waals surface area contributed by atoms with Crippen LogP contribution in [0.1, 0.15) is 11.6 Å². The second-order valence-corrected chi connectivity index (χ2v) is 3.60. The molecule has 1 heterocycles. The van der Waals surface area contributed by atoms with E-state index in [0.717, 1.165) is 30.9 Å². The first-order chi connectivity index (χ1) is 7.33. The molecule has 0 spiro atoms. The SMILES string of the molecule is COc1cccc(O)c1[C@@H]1CNCCN1.Cl. The van der Waals surface area contributed by atoms with Crippen LogP contribution >= 0.6 is 12.4 Å². The van der Waals surface area contributed by atoms with E-state index in [9.17, 15) is 5.11 Å². The molecule has 0 amide bonds. The molecular weight excluding hydrogens is 228 g/mol. The molecule has 90 valence electrons. The van der Waals surface area contributed by atoms with Crippen LogP contribution < -0.4 is 15.4 Å². The van der Waals surface area contributed by atoms with Crippen LogP contribution in [0.4, 0.5) is 0 Å². The number of benzene rings is 1. The molecule has 2 rings (SSSR count). The normalized spacial score (nSPS) is 19.9. The summed E-state index contributed by atoms with van der Waals surface area (Å²) in [6, 6.07) is 5.46. The van der Waals surface area contributed by atoms with Gasteiger partial charge in [0.25, 0.3) is 0 Å². The third kappa shape index (κ3) is 2.58. The molecule has 0 radical (unpaired) electrons. The number of aromatic hydroxyl groups is 1. The molecule has 3 N–H and O–H groups in total. The highest BCUT2D eigenvalue weighted by molar-refractivity contribution is 5.85. The molecule has 1 aliphatic rings. The molecule has 1 aromatic rings. The van der Waals surface area contributed by atoms with Crippen LogP contribution in [0.15, 0.2) is 18.2 Å². The Bertz CT molecular complexity index is 341. The third-order valence-corrected chi connectivity index (χ3v) is 2.65. The maximum Gasteiger partial charge on any atom is 0.127 e. The van der Waals surface area contributed by atoms with Gasteiger partial charge in [0.2, 0.25) is 0 Å². The van der Waals surface area contributed by atoms with Gasteiger partial charge in [-0.2, -0.15) is 0 Å². The van der Waals surface area contributed by atoms with Crippen molar-refractivity contribution in [2.45, 2.75) is 6.04 Å². The zero-order valence-electron chi connectivity index (χ0n) is 9.19.